The lowest BCUT2D eigenvalue weighted by atomic mass is 9.68. The average molecular weight is 425 g/mol. The quantitative estimate of drug-likeness (QED) is 0.611. The van der Waals surface area contributed by atoms with Crippen molar-refractivity contribution in [3.63, 3.8) is 0 Å². The van der Waals surface area contributed by atoms with E-state index < -0.39 is 23.8 Å². The zero-order chi connectivity index (χ0) is 21.6. The molecule has 0 bridgehead atoms. The van der Waals surface area contributed by atoms with Gasteiger partial charge in [0, 0.05) is 18.5 Å². The molecule has 1 spiro atoms. The second-order valence-electron chi connectivity index (χ2n) is 9.38. The van der Waals surface area contributed by atoms with Crippen LogP contribution in [-0.4, -0.2) is 53.2 Å². The van der Waals surface area contributed by atoms with E-state index in [0.717, 1.165) is 23.6 Å². The van der Waals surface area contributed by atoms with E-state index in [9.17, 15) is 19.2 Å². The third-order valence-electron chi connectivity index (χ3n) is 7.31. The van der Waals surface area contributed by atoms with Crippen molar-refractivity contribution in [1.29, 1.82) is 0 Å². The van der Waals surface area contributed by atoms with Gasteiger partial charge in [-0.05, 0) is 75.2 Å². The summed E-state index contributed by atoms with van der Waals surface area (Å²) in [4.78, 5) is 50.3. The molecule has 3 aliphatic heterocycles. The highest BCUT2D eigenvalue weighted by atomic mass is 16.2. The fourth-order valence-corrected chi connectivity index (χ4v) is 5.48. The van der Waals surface area contributed by atoms with Crippen molar-refractivity contribution in [1.82, 2.24) is 20.9 Å². The monoisotopic (exact) mass is 424 g/mol. The third kappa shape index (κ3) is 3.68. The zero-order valence-corrected chi connectivity index (χ0v) is 17.5. The third-order valence-corrected chi connectivity index (χ3v) is 7.31. The number of nitrogens with one attached hydrogen (secondary N) is 3. The lowest BCUT2D eigenvalue weighted by molar-refractivity contribution is -0.136. The Morgan fingerprint density at radius 3 is 2.61 bits per heavy atom. The van der Waals surface area contributed by atoms with Crippen LogP contribution in [0.5, 0.6) is 0 Å². The van der Waals surface area contributed by atoms with Crippen LogP contribution in [0.2, 0.25) is 0 Å². The minimum Gasteiger partial charge on any atom is -0.312 e. The SMILES string of the molecule is O=C1CCC(N2C(=O)c3ccc(CNCC4CCNC5(CCC5)C4)cc3C2=O)C(=O)N1. The molecule has 0 radical (unpaired) electrons. The van der Waals surface area contributed by atoms with E-state index in [-0.39, 0.29) is 18.7 Å². The maximum Gasteiger partial charge on any atom is 0.262 e. The Morgan fingerprint density at radius 1 is 1.06 bits per heavy atom. The predicted molar refractivity (Wildman–Crippen MR) is 112 cm³/mol. The van der Waals surface area contributed by atoms with E-state index in [2.05, 4.69) is 16.0 Å². The highest BCUT2D eigenvalue weighted by Gasteiger charge is 2.44. The van der Waals surface area contributed by atoms with E-state index in [1.807, 2.05) is 6.07 Å². The van der Waals surface area contributed by atoms with Crippen LogP contribution in [0.25, 0.3) is 0 Å². The van der Waals surface area contributed by atoms with Gasteiger partial charge in [-0.1, -0.05) is 6.07 Å². The first-order chi connectivity index (χ1) is 15.0. The molecule has 8 nitrogen and oxygen atoms in total. The highest BCUT2D eigenvalue weighted by molar-refractivity contribution is 6.23. The summed E-state index contributed by atoms with van der Waals surface area (Å²) in [5.41, 5.74) is 1.98. The number of piperidine rings is 2. The molecule has 3 heterocycles. The van der Waals surface area contributed by atoms with Gasteiger partial charge in [0.25, 0.3) is 11.8 Å². The molecule has 2 unspecified atom stereocenters. The van der Waals surface area contributed by atoms with E-state index >= 15 is 0 Å². The second kappa shape index (κ2) is 7.84. The number of hydrogen-bond acceptors (Lipinski definition) is 6. The smallest absolute Gasteiger partial charge is 0.262 e. The molecule has 2 saturated heterocycles. The molecule has 31 heavy (non-hydrogen) atoms. The number of rotatable bonds is 5. The Labute approximate surface area is 181 Å². The molecule has 1 aromatic rings. The normalized spacial score (nSPS) is 27.3. The summed E-state index contributed by atoms with van der Waals surface area (Å²) in [5.74, 6) is -1.22. The van der Waals surface area contributed by atoms with Gasteiger partial charge in [0.1, 0.15) is 6.04 Å². The van der Waals surface area contributed by atoms with Crippen LogP contribution in [0.4, 0.5) is 0 Å². The van der Waals surface area contributed by atoms with Crippen molar-refractivity contribution in [3.8, 4) is 0 Å². The number of imide groups is 2. The topological polar surface area (TPSA) is 108 Å². The Balaban J connectivity index is 1.22. The van der Waals surface area contributed by atoms with Crippen molar-refractivity contribution in [2.24, 2.45) is 5.92 Å². The molecule has 5 rings (SSSR count). The maximum atomic E-state index is 12.9. The van der Waals surface area contributed by atoms with Crippen LogP contribution in [0.15, 0.2) is 18.2 Å². The zero-order valence-electron chi connectivity index (χ0n) is 17.5. The molecular weight excluding hydrogens is 396 g/mol. The van der Waals surface area contributed by atoms with Gasteiger partial charge in [-0.25, -0.2) is 0 Å². The van der Waals surface area contributed by atoms with Crippen LogP contribution in [0.1, 0.15) is 71.2 Å². The van der Waals surface area contributed by atoms with E-state index in [1.54, 1.807) is 12.1 Å². The van der Waals surface area contributed by atoms with Gasteiger partial charge in [-0.2, -0.15) is 0 Å². The fraction of sp³-hybridized carbons (Fsp3) is 0.565. The van der Waals surface area contributed by atoms with Crippen molar-refractivity contribution in [2.75, 3.05) is 13.1 Å². The summed E-state index contributed by atoms with van der Waals surface area (Å²) in [6.07, 6.45) is 6.58. The molecule has 4 aliphatic rings. The molecular formula is C23H28N4O4. The number of carbonyl (C=O) groups excluding carboxylic acids is 4. The Hall–Kier alpha value is -2.58. The first kappa shape index (κ1) is 20.3. The molecule has 1 aromatic carbocycles. The molecule has 0 aromatic heterocycles. The van der Waals surface area contributed by atoms with Crippen LogP contribution in [-0.2, 0) is 16.1 Å². The first-order valence-corrected chi connectivity index (χ1v) is 11.3. The van der Waals surface area contributed by atoms with Gasteiger partial charge >= 0.3 is 0 Å². The Bertz CT molecular complexity index is 955. The summed E-state index contributed by atoms with van der Waals surface area (Å²) in [5, 5.41) is 9.44. The van der Waals surface area contributed by atoms with Crippen LogP contribution < -0.4 is 16.0 Å². The van der Waals surface area contributed by atoms with Gasteiger partial charge < -0.3 is 10.6 Å². The number of benzene rings is 1. The molecule has 164 valence electrons. The van der Waals surface area contributed by atoms with Gasteiger partial charge in [0.2, 0.25) is 11.8 Å². The van der Waals surface area contributed by atoms with Crippen molar-refractivity contribution in [3.05, 3.63) is 34.9 Å². The molecule has 2 atom stereocenters. The van der Waals surface area contributed by atoms with E-state index in [4.69, 9.17) is 0 Å². The molecule has 1 aliphatic carbocycles. The first-order valence-electron chi connectivity index (χ1n) is 11.3. The van der Waals surface area contributed by atoms with Crippen LogP contribution in [0, 0.1) is 5.92 Å². The Kier molecular flexibility index (Phi) is 5.14. The standard InChI is InChI=1S/C23H28N4O4/c28-19-5-4-18(20(29)26-19)27-21(30)16-3-2-14(10-17(16)22(27)31)12-24-13-15-6-9-25-23(11-15)7-1-8-23/h2-3,10,15,18,24-25H,1,4-9,11-13H2,(H,26,28,29). The Morgan fingerprint density at radius 2 is 1.87 bits per heavy atom. The van der Waals surface area contributed by atoms with Crippen LogP contribution in [0.3, 0.4) is 0 Å². The minimum atomic E-state index is -0.926. The number of carbonyl (C=O) groups is 4. The minimum absolute atomic E-state index is 0.122. The summed E-state index contributed by atoms with van der Waals surface area (Å²) >= 11 is 0. The largest absolute Gasteiger partial charge is 0.312 e. The second-order valence-corrected chi connectivity index (χ2v) is 9.38. The van der Waals surface area contributed by atoms with Gasteiger partial charge in [0.05, 0.1) is 11.1 Å². The van der Waals surface area contributed by atoms with Gasteiger partial charge in [-0.15, -0.1) is 0 Å². The number of nitrogens with zero attached hydrogens (tertiary/aromatic N) is 1. The number of fused-ring (bicyclic) bond motifs is 1. The highest BCUT2D eigenvalue weighted by Crippen LogP contribution is 2.40. The lowest BCUT2D eigenvalue weighted by Gasteiger charge is -2.48. The average Bonchev–Trinajstić information content (AvgIpc) is 2.97. The predicted octanol–water partition coefficient (Wildman–Crippen LogP) is 1.10. The van der Waals surface area contributed by atoms with E-state index in [1.165, 1.54) is 32.1 Å². The van der Waals surface area contributed by atoms with Gasteiger partial charge in [-0.3, -0.25) is 29.4 Å². The summed E-state index contributed by atoms with van der Waals surface area (Å²) in [7, 11) is 0. The summed E-state index contributed by atoms with van der Waals surface area (Å²) in [6, 6.07) is 4.36. The lowest BCUT2D eigenvalue weighted by Crippen LogP contribution is -2.56. The molecule has 4 amide bonds. The van der Waals surface area contributed by atoms with Crippen molar-refractivity contribution in [2.45, 2.75) is 63.1 Å². The summed E-state index contributed by atoms with van der Waals surface area (Å²) < 4.78 is 0. The molecule has 1 saturated carbocycles. The molecule has 3 fully saturated rings. The van der Waals surface area contributed by atoms with Crippen LogP contribution >= 0.6 is 0 Å². The summed E-state index contributed by atoms with van der Waals surface area (Å²) in [6.45, 7) is 2.65. The number of hydrogen-bond donors (Lipinski definition) is 3. The van der Waals surface area contributed by atoms with E-state index in [0.29, 0.717) is 29.1 Å². The maximum absolute atomic E-state index is 12.9. The van der Waals surface area contributed by atoms with Crippen molar-refractivity contribution < 1.29 is 19.2 Å². The molecule has 3 N–H and O–H groups in total. The fourth-order valence-electron chi connectivity index (χ4n) is 5.48. The molecule has 8 heteroatoms. The van der Waals surface area contributed by atoms with Crippen molar-refractivity contribution >= 4 is 23.6 Å². The van der Waals surface area contributed by atoms with Gasteiger partial charge in [0.15, 0.2) is 0 Å². The number of amides is 4.